The lowest BCUT2D eigenvalue weighted by atomic mass is 9.97. The van der Waals surface area contributed by atoms with Gasteiger partial charge < -0.3 is 65.1 Å². The van der Waals surface area contributed by atoms with E-state index in [2.05, 4.69) is 67.8 Å². The van der Waals surface area contributed by atoms with Gasteiger partial charge in [-0.25, -0.2) is 0 Å². The third-order valence-electron chi connectivity index (χ3n) is 15.1. The molecule has 0 bridgehead atoms. The molecule has 2 fully saturated rings. The van der Waals surface area contributed by atoms with Gasteiger partial charge in [0.15, 0.2) is 12.6 Å². The van der Waals surface area contributed by atoms with Crippen LogP contribution in [0.2, 0.25) is 0 Å². The molecule has 0 aromatic rings. The number of nitrogens with one attached hydrogen (secondary N) is 1. The second kappa shape index (κ2) is 47.7. The third-order valence-corrected chi connectivity index (χ3v) is 15.1. The van der Waals surface area contributed by atoms with Crippen LogP contribution < -0.4 is 5.32 Å². The van der Waals surface area contributed by atoms with Gasteiger partial charge in [-0.15, -0.1) is 0 Å². The van der Waals surface area contributed by atoms with Gasteiger partial charge in [-0.2, -0.15) is 0 Å². The van der Waals surface area contributed by atoms with E-state index < -0.39 is 86.8 Å². The molecular formula is C62H113NO13. The van der Waals surface area contributed by atoms with Crippen LogP contribution in [0.15, 0.2) is 48.6 Å². The molecule has 9 N–H and O–H groups in total. The van der Waals surface area contributed by atoms with Crippen molar-refractivity contribution >= 4 is 5.91 Å². The first-order valence-corrected chi connectivity index (χ1v) is 30.9. The molecule has 14 nitrogen and oxygen atoms in total. The average molecular weight is 1080 g/mol. The molecule has 444 valence electrons. The summed E-state index contributed by atoms with van der Waals surface area (Å²) in [6.07, 6.45) is 44.3. The molecule has 0 aromatic heterocycles. The largest absolute Gasteiger partial charge is 0.394 e. The number of hydrogen-bond donors (Lipinski definition) is 9. The molecule has 2 aliphatic heterocycles. The molecule has 12 atom stereocenters. The van der Waals surface area contributed by atoms with Gasteiger partial charge in [0.25, 0.3) is 0 Å². The van der Waals surface area contributed by atoms with Gasteiger partial charge in [0, 0.05) is 6.42 Å². The Morgan fingerprint density at radius 3 is 1.37 bits per heavy atom. The molecule has 14 heteroatoms. The first-order valence-electron chi connectivity index (χ1n) is 30.9. The van der Waals surface area contributed by atoms with E-state index in [0.717, 1.165) is 70.6 Å². The Kier molecular flexibility index (Phi) is 44.0. The Morgan fingerprint density at radius 2 is 0.908 bits per heavy atom. The van der Waals surface area contributed by atoms with E-state index in [9.17, 15) is 45.6 Å². The van der Waals surface area contributed by atoms with Gasteiger partial charge in [0.2, 0.25) is 5.91 Å². The Hall–Kier alpha value is -2.05. The van der Waals surface area contributed by atoms with Gasteiger partial charge in [-0.1, -0.05) is 236 Å². The van der Waals surface area contributed by atoms with E-state index in [1.165, 1.54) is 148 Å². The highest BCUT2D eigenvalue weighted by Crippen LogP contribution is 2.30. The standard InChI is InChI=1S/C62H113NO13/c1-3-5-7-8-9-10-11-12-13-14-15-16-17-18-19-20-21-22-23-24-25-26-27-28-29-30-31-32-33-34-35-36-37-38-39-40-41-42-44-46-54(67)63-50(51(66)45-43-6-4-2)49-73-61-59(72)57(70)60(53(48-65)75-61)76-62-58(71)56(69)55(68)52(47-64)74-62/h5,7,9-10,12-13,15-16,50-53,55-62,64-66,68-72H,3-4,6,8,11,14,17-49H2,1-2H3,(H,63,67)/b7-5-,10-9-,13-12-,16-15-. The maximum atomic E-state index is 13.1. The molecule has 12 unspecified atom stereocenters. The normalized spacial score (nSPS) is 25.2. The number of hydrogen-bond acceptors (Lipinski definition) is 13. The lowest BCUT2D eigenvalue weighted by Gasteiger charge is -2.46. The zero-order chi connectivity index (χ0) is 55.3. The van der Waals surface area contributed by atoms with Gasteiger partial charge in [-0.3, -0.25) is 4.79 Å². The molecular weight excluding hydrogens is 967 g/mol. The molecule has 0 radical (unpaired) electrons. The van der Waals surface area contributed by atoms with Crippen LogP contribution in [0.25, 0.3) is 0 Å². The highest BCUT2D eigenvalue weighted by atomic mass is 16.7. The second-order valence-corrected chi connectivity index (χ2v) is 21.8. The first kappa shape index (κ1) is 70.1. The lowest BCUT2D eigenvalue weighted by Crippen LogP contribution is -2.65. The van der Waals surface area contributed by atoms with Crippen LogP contribution in [0, 0.1) is 0 Å². The van der Waals surface area contributed by atoms with Crippen LogP contribution in [0.3, 0.4) is 0 Å². The van der Waals surface area contributed by atoms with Crippen molar-refractivity contribution in [1.82, 2.24) is 5.32 Å². The molecule has 2 rings (SSSR count). The Balaban J connectivity index is 1.43. The van der Waals surface area contributed by atoms with Crippen molar-refractivity contribution in [3.8, 4) is 0 Å². The van der Waals surface area contributed by atoms with Crippen LogP contribution in [0.1, 0.15) is 245 Å². The average Bonchev–Trinajstić information content (AvgIpc) is 3.42. The molecule has 1 amide bonds. The SMILES string of the molecule is CC/C=C\C/C=C\C/C=C\C/C=C\CCCCCCCCCCCCCCCCCCCCCCCCCCCCC(=O)NC(COC1OC(CO)C(OC2OC(CO)C(O)C(O)C2O)C(O)C1O)C(O)CCCCC. The van der Waals surface area contributed by atoms with Crippen molar-refractivity contribution in [2.45, 2.75) is 319 Å². The quantitative estimate of drug-likeness (QED) is 0.0204. The smallest absolute Gasteiger partial charge is 0.220 e. The molecule has 0 aromatic carbocycles. The maximum Gasteiger partial charge on any atom is 0.220 e. The monoisotopic (exact) mass is 1080 g/mol. The number of amides is 1. The fourth-order valence-electron chi connectivity index (χ4n) is 10.1. The minimum absolute atomic E-state index is 0.215. The van der Waals surface area contributed by atoms with E-state index in [0.29, 0.717) is 12.8 Å². The zero-order valence-corrected chi connectivity index (χ0v) is 47.7. The van der Waals surface area contributed by atoms with Crippen LogP contribution in [-0.4, -0.2) is 140 Å². The van der Waals surface area contributed by atoms with Gasteiger partial charge in [0.05, 0.1) is 32.0 Å². The van der Waals surface area contributed by atoms with Crippen molar-refractivity contribution < 1.29 is 64.6 Å². The van der Waals surface area contributed by atoms with E-state index >= 15 is 0 Å². The first-order chi connectivity index (χ1) is 37.1. The summed E-state index contributed by atoms with van der Waals surface area (Å²) in [4.78, 5) is 13.1. The van der Waals surface area contributed by atoms with Crippen molar-refractivity contribution in [2.75, 3.05) is 19.8 Å². The summed E-state index contributed by atoms with van der Waals surface area (Å²) in [5.41, 5.74) is 0. The number of unbranched alkanes of at least 4 members (excludes halogenated alkanes) is 28. The van der Waals surface area contributed by atoms with Gasteiger partial charge in [0.1, 0.15) is 48.8 Å². The van der Waals surface area contributed by atoms with Crippen molar-refractivity contribution in [2.24, 2.45) is 0 Å². The van der Waals surface area contributed by atoms with Gasteiger partial charge >= 0.3 is 0 Å². The predicted octanol–water partition coefficient (Wildman–Crippen LogP) is 10.8. The van der Waals surface area contributed by atoms with Crippen molar-refractivity contribution in [3.05, 3.63) is 48.6 Å². The van der Waals surface area contributed by atoms with Gasteiger partial charge in [-0.05, 0) is 51.4 Å². The number of allylic oxidation sites excluding steroid dienone is 8. The predicted molar refractivity (Wildman–Crippen MR) is 304 cm³/mol. The summed E-state index contributed by atoms with van der Waals surface area (Å²) < 4.78 is 22.6. The second-order valence-electron chi connectivity index (χ2n) is 21.8. The lowest BCUT2D eigenvalue weighted by molar-refractivity contribution is -0.359. The molecule has 0 saturated carbocycles. The summed E-state index contributed by atoms with van der Waals surface area (Å²) in [5, 5.41) is 86.2. The molecule has 0 spiro atoms. The number of rotatable bonds is 49. The summed E-state index contributed by atoms with van der Waals surface area (Å²) >= 11 is 0. The van der Waals surface area contributed by atoms with Crippen LogP contribution in [-0.2, 0) is 23.7 Å². The number of aliphatic hydroxyl groups is 8. The molecule has 76 heavy (non-hydrogen) atoms. The minimum Gasteiger partial charge on any atom is -0.394 e. The Bertz CT molecular complexity index is 1460. The summed E-state index contributed by atoms with van der Waals surface area (Å²) in [7, 11) is 0. The van der Waals surface area contributed by atoms with Crippen molar-refractivity contribution in [3.63, 3.8) is 0 Å². The maximum absolute atomic E-state index is 13.1. The number of ether oxygens (including phenoxy) is 4. The summed E-state index contributed by atoms with van der Waals surface area (Å²) in [6, 6.07) is -0.822. The van der Waals surface area contributed by atoms with Crippen molar-refractivity contribution in [1.29, 1.82) is 0 Å². The topological polar surface area (TPSA) is 228 Å². The van der Waals surface area contributed by atoms with E-state index in [1.54, 1.807) is 0 Å². The molecule has 2 heterocycles. The number of carbonyl (C=O) groups is 1. The Labute approximate surface area is 461 Å². The minimum atomic E-state index is -1.78. The zero-order valence-electron chi connectivity index (χ0n) is 47.7. The third kappa shape index (κ3) is 32.9. The van der Waals surface area contributed by atoms with E-state index in [-0.39, 0.29) is 12.5 Å². The highest BCUT2D eigenvalue weighted by Gasteiger charge is 2.51. The van der Waals surface area contributed by atoms with E-state index in [4.69, 9.17) is 18.9 Å². The summed E-state index contributed by atoms with van der Waals surface area (Å²) in [5.74, 6) is -0.215. The molecule has 0 aliphatic carbocycles. The molecule has 2 aliphatic rings. The Morgan fingerprint density at radius 1 is 0.487 bits per heavy atom. The fraction of sp³-hybridized carbons (Fsp3) is 0.855. The van der Waals surface area contributed by atoms with Crippen LogP contribution >= 0.6 is 0 Å². The number of aliphatic hydroxyl groups excluding tert-OH is 8. The van der Waals surface area contributed by atoms with Crippen LogP contribution in [0.5, 0.6) is 0 Å². The van der Waals surface area contributed by atoms with Crippen LogP contribution in [0.4, 0.5) is 0 Å². The molecule has 2 saturated heterocycles. The number of carbonyl (C=O) groups excluding carboxylic acids is 1. The summed E-state index contributed by atoms with van der Waals surface area (Å²) in [6.45, 7) is 2.57. The highest BCUT2D eigenvalue weighted by molar-refractivity contribution is 5.76. The fourth-order valence-corrected chi connectivity index (χ4v) is 10.1. The van der Waals surface area contributed by atoms with E-state index in [1.807, 2.05) is 0 Å².